The summed E-state index contributed by atoms with van der Waals surface area (Å²) >= 11 is 1.69. The van der Waals surface area contributed by atoms with Crippen LogP contribution in [0.15, 0.2) is 36.4 Å². The van der Waals surface area contributed by atoms with Crippen LogP contribution in [0.2, 0.25) is 0 Å². The molecule has 0 unspecified atom stereocenters. The van der Waals surface area contributed by atoms with E-state index in [2.05, 4.69) is 45.6 Å². The summed E-state index contributed by atoms with van der Waals surface area (Å²) in [5, 5.41) is 3.82. The predicted octanol–water partition coefficient (Wildman–Crippen LogP) is 6.01. The smallest absolute Gasteiger partial charge is 0.407 e. The molecule has 3 amide bonds. The lowest BCUT2D eigenvalue weighted by molar-refractivity contribution is -0.136. The van der Waals surface area contributed by atoms with Crippen molar-refractivity contribution in [1.82, 2.24) is 35.1 Å². The average Bonchev–Trinajstić information content (AvgIpc) is 3.92. The Morgan fingerprint density at radius 2 is 1.57 bits per heavy atom. The highest BCUT2D eigenvalue weighted by Gasteiger charge is 2.38. The van der Waals surface area contributed by atoms with Gasteiger partial charge in [-0.1, -0.05) is 39.8 Å². The molecule has 5 aromatic rings. The molecule has 2 fully saturated rings. The van der Waals surface area contributed by atoms with Crippen LogP contribution in [-0.2, 0) is 14.3 Å². The van der Waals surface area contributed by atoms with E-state index in [0.717, 1.165) is 79.9 Å². The first-order valence-corrected chi connectivity index (χ1v) is 18.0. The van der Waals surface area contributed by atoms with Crippen LogP contribution in [0.4, 0.5) is 4.79 Å². The zero-order valence-electron chi connectivity index (χ0n) is 28.6. The summed E-state index contributed by atoms with van der Waals surface area (Å²) < 4.78 is 5.86. The number of methoxy groups -OCH3 is 1. The van der Waals surface area contributed by atoms with Crippen molar-refractivity contribution in [2.24, 2.45) is 17.6 Å². The van der Waals surface area contributed by atoms with Gasteiger partial charge in [-0.05, 0) is 72.7 Å². The predicted molar refractivity (Wildman–Crippen MR) is 191 cm³/mol. The van der Waals surface area contributed by atoms with Crippen LogP contribution in [0.25, 0.3) is 42.6 Å². The summed E-state index contributed by atoms with van der Waals surface area (Å²) in [7, 11) is 1.30. The number of aromatic nitrogens is 4. The third-order valence-corrected chi connectivity index (χ3v) is 11.2. The van der Waals surface area contributed by atoms with E-state index in [1.165, 1.54) is 7.11 Å². The molecule has 2 aromatic carbocycles. The van der Waals surface area contributed by atoms with Gasteiger partial charge in [0.15, 0.2) is 0 Å². The molecule has 5 heterocycles. The second-order valence-electron chi connectivity index (χ2n) is 14.0. The van der Waals surface area contributed by atoms with E-state index in [-0.39, 0.29) is 35.7 Å². The molecule has 2 aliphatic heterocycles. The molecule has 0 aliphatic carbocycles. The zero-order chi connectivity index (χ0) is 34.6. The molecule has 3 aromatic heterocycles. The van der Waals surface area contributed by atoms with E-state index >= 15 is 0 Å². The number of hydrogen-bond donors (Lipinski definition) is 4. The van der Waals surface area contributed by atoms with Gasteiger partial charge in [-0.2, -0.15) is 0 Å². The number of nitrogens with zero attached hydrogens (tertiary/aromatic N) is 4. The summed E-state index contributed by atoms with van der Waals surface area (Å²) in [5.41, 5.74) is 10.9. The lowest BCUT2D eigenvalue weighted by Crippen LogP contribution is -2.51. The Labute approximate surface area is 288 Å². The molecule has 13 heteroatoms. The first kappa shape index (κ1) is 33.0. The molecule has 49 heavy (non-hydrogen) atoms. The molecule has 258 valence electrons. The van der Waals surface area contributed by atoms with Crippen molar-refractivity contribution in [3.8, 4) is 10.4 Å². The van der Waals surface area contributed by atoms with Gasteiger partial charge in [0.05, 0.1) is 46.5 Å². The first-order valence-electron chi connectivity index (χ1n) is 17.2. The molecular formula is C36H44N8O4S. The summed E-state index contributed by atoms with van der Waals surface area (Å²) in [5.74, 6) is 1.38. The Bertz CT molecular complexity index is 2050. The second kappa shape index (κ2) is 13.1. The molecule has 0 spiro atoms. The van der Waals surface area contributed by atoms with Gasteiger partial charge in [0.25, 0.3) is 0 Å². The van der Waals surface area contributed by atoms with Gasteiger partial charge in [0.1, 0.15) is 23.2 Å². The number of nitrogens with one attached hydrogen (secondary N) is 3. The number of benzene rings is 2. The number of aromatic amines is 2. The average molecular weight is 685 g/mol. The Balaban J connectivity index is 1.15. The first-order chi connectivity index (χ1) is 23.5. The third kappa shape index (κ3) is 6.03. The molecule has 2 saturated heterocycles. The number of carbonyl (C=O) groups excluding carboxylic acids is 3. The third-order valence-electron chi connectivity index (χ3n) is 10.0. The number of rotatable bonds is 8. The number of H-pyrrole nitrogens is 2. The van der Waals surface area contributed by atoms with Crippen LogP contribution in [0.1, 0.15) is 77.1 Å². The molecule has 7 rings (SSSR count). The molecule has 0 radical (unpaired) electrons. The summed E-state index contributed by atoms with van der Waals surface area (Å²) in [4.78, 5) is 60.6. The minimum Gasteiger partial charge on any atom is -0.453 e. The summed E-state index contributed by atoms with van der Waals surface area (Å²) in [6, 6.07) is 11.1. The Hall–Kier alpha value is -4.49. The number of imidazole rings is 2. The standard InChI is InChI=1S/C36H44N8O4S/c1-18(2)28(37)34(45)43-14-6-9-26(43)33-39-23-13-11-21-17-27(49-31(21)30(23)41-33)20-10-12-22-24(16-20)40-32(38-22)25-8-7-15-44(25)35(46)29(19(3)4)42-36(47)48-5/h10-13,16-19,25-26,28-29H,6-9,14-15,37H2,1-5H3,(H,38,40)(H,39,41)(H,42,47)/t25-,26-,28-,29-/m0/s1. The quantitative estimate of drug-likeness (QED) is 0.156. The van der Waals surface area contributed by atoms with Crippen LogP contribution in [0, 0.1) is 11.8 Å². The number of hydrogen-bond acceptors (Lipinski definition) is 8. The van der Waals surface area contributed by atoms with Crippen LogP contribution in [-0.4, -0.2) is 79.9 Å². The number of amides is 3. The van der Waals surface area contributed by atoms with Crippen molar-refractivity contribution in [2.75, 3.05) is 20.2 Å². The highest BCUT2D eigenvalue weighted by molar-refractivity contribution is 7.23. The van der Waals surface area contributed by atoms with E-state index in [1.807, 2.05) is 43.6 Å². The lowest BCUT2D eigenvalue weighted by Gasteiger charge is -2.29. The van der Waals surface area contributed by atoms with Gasteiger partial charge in [-0.3, -0.25) is 9.59 Å². The van der Waals surface area contributed by atoms with Crippen LogP contribution in [0.5, 0.6) is 0 Å². The molecule has 0 bridgehead atoms. The normalized spacial score (nSPS) is 19.5. The molecule has 0 saturated carbocycles. The SMILES string of the molecule is COC(=O)N[C@H](C(=O)N1CCC[C@H]1c1nc2ccc(-c3cc4ccc5[nH]c([C@@H]6CCCN6C(=O)[C@@H](N)C(C)C)nc5c4s3)cc2[nH]1)C(C)C. The highest BCUT2D eigenvalue weighted by atomic mass is 32.1. The van der Waals surface area contributed by atoms with Crippen molar-refractivity contribution in [1.29, 1.82) is 0 Å². The van der Waals surface area contributed by atoms with Gasteiger partial charge in [0.2, 0.25) is 11.8 Å². The van der Waals surface area contributed by atoms with Crippen molar-refractivity contribution in [2.45, 2.75) is 77.5 Å². The Morgan fingerprint density at radius 1 is 0.898 bits per heavy atom. The maximum absolute atomic E-state index is 13.6. The van der Waals surface area contributed by atoms with Crippen molar-refractivity contribution >= 4 is 61.4 Å². The minimum absolute atomic E-state index is 0.0126. The van der Waals surface area contributed by atoms with Gasteiger partial charge < -0.3 is 35.6 Å². The maximum atomic E-state index is 13.6. The maximum Gasteiger partial charge on any atom is 0.407 e. The fourth-order valence-electron chi connectivity index (χ4n) is 7.21. The molecular weight excluding hydrogens is 641 g/mol. The number of alkyl carbamates (subject to hydrolysis) is 1. The molecule has 4 atom stereocenters. The molecule has 12 nitrogen and oxygen atoms in total. The van der Waals surface area contributed by atoms with E-state index < -0.39 is 18.2 Å². The monoisotopic (exact) mass is 684 g/mol. The molecule has 5 N–H and O–H groups in total. The number of carbonyl (C=O) groups is 3. The van der Waals surface area contributed by atoms with Crippen molar-refractivity contribution in [3.05, 3.63) is 48.0 Å². The highest BCUT2D eigenvalue weighted by Crippen LogP contribution is 2.40. The van der Waals surface area contributed by atoms with Gasteiger partial charge in [0, 0.05) is 18.0 Å². The Morgan fingerprint density at radius 3 is 2.24 bits per heavy atom. The van der Waals surface area contributed by atoms with E-state index in [1.54, 1.807) is 11.3 Å². The summed E-state index contributed by atoms with van der Waals surface area (Å²) in [6.07, 6.45) is 2.81. The number of nitrogens with two attached hydrogens (primary N) is 1. The minimum atomic E-state index is -0.683. The van der Waals surface area contributed by atoms with Crippen molar-refractivity contribution in [3.63, 3.8) is 0 Å². The zero-order valence-corrected chi connectivity index (χ0v) is 29.4. The van der Waals surface area contributed by atoms with Gasteiger partial charge in [-0.15, -0.1) is 11.3 Å². The van der Waals surface area contributed by atoms with Gasteiger partial charge in [-0.25, -0.2) is 14.8 Å². The van der Waals surface area contributed by atoms with E-state index in [9.17, 15) is 14.4 Å². The number of fused-ring (bicyclic) bond motifs is 4. The fourth-order valence-corrected chi connectivity index (χ4v) is 8.36. The van der Waals surface area contributed by atoms with Crippen molar-refractivity contribution < 1.29 is 19.1 Å². The largest absolute Gasteiger partial charge is 0.453 e. The van der Waals surface area contributed by atoms with Crippen LogP contribution in [0.3, 0.4) is 0 Å². The Kier molecular flexibility index (Phi) is 8.82. The second-order valence-corrected chi connectivity index (χ2v) is 15.0. The van der Waals surface area contributed by atoms with Crippen LogP contribution < -0.4 is 11.1 Å². The fraction of sp³-hybridized carbons (Fsp3) is 0.472. The number of thiophene rings is 1. The van der Waals surface area contributed by atoms with Crippen LogP contribution >= 0.6 is 11.3 Å². The number of ether oxygens (including phenoxy) is 1. The molecule has 2 aliphatic rings. The topological polar surface area (TPSA) is 162 Å². The number of likely N-dealkylation sites (tertiary alicyclic amines) is 2. The van der Waals surface area contributed by atoms with E-state index in [0.29, 0.717) is 13.1 Å². The van der Waals surface area contributed by atoms with E-state index in [4.69, 9.17) is 20.4 Å². The van der Waals surface area contributed by atoms with Gasteiger partial charge >= 0.3 is 6.09 Å². The lowest BCUT2D eigenvalue weighted by atomic mass is 10.0. The summed E-state index contributed by atoms with van der Waals surface area (Å²) in [6.45, 7) is 9.07.